The minimum atomic E-state index is 0.710. The first-order chi connectivity index (χ1) is 23.8. The van der Waals surface area contributed by atoms with Crippen molar-refractivity contribution in [2.24, 2.45) is 0 Å². The van der Waals surface area contributed by atoms with Gasteiger partial charge in [-0.3, -0.25) is 0 Å². The molecule has 6 aromatic carbocycles. The summed E-state index contributed by atoms with van der Waals surface area (Å²) in [6.45, 7) is 0. The van der Waals surface area contributed by atoms with E-state index in [1.807, 2.05) is 97.1 Å². The van der Waals surface area contributed by atoms with Gasteiger partial charge in [0, 0.05) is 33.4 Å². The highest BCUT2D eigenvalue weighted by atomic mass is 14.9. The van der Waals surface area contributed by atoms with Crippen LogP contribution in [0.2, 0.25) is 0 Å². The van der Waals surface area contributed by atoms with Crippen LogP contribution in [0.4, 0.5) is 0 Å². The molecule has 0 spiro atoms. The molecular weight excluding hydrogens is 585 g/mol. The second-order valence-corrected chi connectivity index (χ2v) is 11.5. The molecule has 226 valence electrons. The fourth-order valence-electron chi connectivity index (χ4n) is 5.80. The Hall–Kier alpha value is -6.52. The van der Waals surface area contributed by atoms with E-state index < -0.39 is 0 Å². The summed E-state index contributed by atoms with van der Waals surface area (Å²) in [4.78, 5) is 19.8. The van der Waals surface area contributed by atoms with Crippen molar-refractivity contribution in [1.29, 1.82) is 0 Å². The maximum absolute atomic E-state index is 4.98. The molecule has 0 bridgehead atoms. The third-order valence-corrected chi connectivity index (χ3v) is 8.35. The zero-order valence-electron chi connectivity index (χ0n) is 26.1. The van der Waals surface area contributed by atoms with Gasteiger partial charge in [0.15, 0.2) is 11.6 Å². The average molecular weight is 615 g/mol. The smallest absolute Gasteiger partial charge is 0.160 e. The van der Waals surface area contributed by atoms with Crippen LogP contribution in [0.3, 0.4) is 0 Å². The predicted molar refractivity (Wildman–Crippen MR) is 196 cm³/mol. The van der Waals surface area contributed by atoms with Crippen LogP contribution in [0.1, 0.15) is 0 Å². The molecule has 4 heteroatoms. The summed E-state index contributed by atoms with van der Waals surface area (Å²) < 4.78 is 0. The first-order valence-corrected chi connectivity index (χ1v) is 16.0. The van der Waals surface area contributed by atoms with E-state index in [4.69, 9.17) is 19.9 Å². The Balaban J connectivity index is 1.11. The van der Waals surface area contributed by atoms with Crippen molar-refractivity contribution in [3.63, 3.8) is 0 Å². The monoisotopic (exact) mass is 614 g/mol. The van der Waals surface area contributed by atoms with Crippen molar-refractivity contribution in [1.82, 2.24) is 19.9 Å². The summed E-state index contributed by atoms with van der Waals surface area (Å²) in [7, 11) is 0. The number of nitrogens with zero attached hydrogens (tertiary/aromatic N) is 4. The molecule has 48 heavy (non-hydrogen) atoms. The van der Waals surface area contributed by atoms with Crippen molar-refractivity contribution in [3.8, 4) is 78.9 Å². The number of hydrogen-bond acceptors (Lipinski definition) is 4. The Morgan fingerprint density at radius 1 is 0.208 bits per heavy atom. The Morgan fingerprint density at radius 2 is 0.438 bits per heavy atom. The highest BCUT2D eigenvalue weighted by Gasteiger charge is 2.13. The van der Waals surface area contributed by atoms with Crippen molar-refractivity contribution in [2.75, 3.05) is 0 Å². The molecule has 0 amide bonds. The average Bonchev–Trinajstić information content (AvgIpc) is 3.19. The topological polar surface area (TPSA) is 51.6 Å². The molecule has 0 saturated carbocycles. The quantitative estimate of drug-likeness (QED) is 0.179. The van der Waals surface area contributed by atoms with E-state index in [2.05, 4.69) is 84.9 Å². The second-order valence-electron chi connectivity index (χ2n) is 11.5. The van der Waals surface area contributed by atoms with Crippen LogP contribution in [0.15, 0.2) is 182 Å². The van der Waals surface area contributed by atoms with Crippen molar-refractivity contribution >= 4 is 0 Å². The summed E-state index contributed by atoms with van der Waals surface area (Å²) in [6.07, 6.45) is 0. The summed E-state index contributed by atoms with van der Waals surface area (Å²) in [5.41, 5.74) is 12.0. The fourth-order valence-corrected chi connectivity index (χ4v) is 5.80. The molecule has 0 radical (unpaired) electrons. The number of hydrogen-bond donors (Lipinski definition) is 0. The first-order valence-electron chi connectivity index (χ1n) is 16.0. The SMILES string of the molecule is c1ccc(-c2cc(-c3ccc(-c4ccc(-c5cc(-c6ccccc6)nc(-c6ccccc6)n5)cc4)cc3)nc(-c3ccccc3)n2)cc1. The van der Waals surface area contributed by atoms with E-state index >= 15 is 0 Å². The van der Waals surface area contributed by atoms with E-state index in [1.54, 1.807) is 0 Å². The van der Waals surface area contributed by atoms with Crippen molar-refractivity contribution in [2.45, 2.75) is 0 Å². The summed E-state index contributed by atoms with van der Waals surface area (Å²) in [5.74, 6) is 1.42. The maximum atomic E-state index is 4.98. The van der Waals surface area contributed by atoms with Gasteiger partial charge >= 0.3 is 0 Å². The Kier molecular flexibility index (Phi) is 7.87. The lowest BCUT2D eigenvalue weighted by Gasteiger charge is -2.11. The van der Waals surface area contributed by atoms with Gasteiger partial charge in [0.05, 0.1) is 22.8 Å². The zero-order valence-corrected chi connectivity index (χ0v) is 26.1. The van der Waals surface area contributed by atoms with Gasteiger partial charge in [-0.25, -0.2) is 19.9 Å². The van der Waals surface area contributed by atoms with Gasteiger partial charge in [0.25, 0.3) is 0 Å². The third-order valence-electron chi connectivity index (χ3n) is 8.35. The van der Waals surface area contributed by atoms with E-state index in [9.17, 15) is 0 Å². The highest BCUT2D eigenvalue weighted by Crippen LogP contribution is 2.32. The van der Waals surface area contributed by atoms with E-state index in [0.29, 0.717) is 11.6 Å². The molecule has 0 unspecified atom stereocenters. The number of benzene rings is 6. The van der Waals surface area contributed by atoms with Gasteiger partial charge in [0.1, 0.15) is 0 Å². The van der Waals surface area contributed by atoms with E-state index in [0.717, 1.165) is 67.3 Å². The van der Waals surface area contributed by atoms with Gasteiger partial charge in [-0.1, -0.05) is 170 Å². The van der Waals surface area contributed by atoms with Crippen LogP contribution in [0.5, 0.6) is 0 Å². The molecule has 0 saturated heterocycles. The molecule has 0 fully saturated rings. The summed E-state index contributed by atoms with van der Waals surface area (Å²) in [6, 6.07) is 62.1. The normalized spacial score (nSPS) is 10.9. The molecule has 2 aromatic heterocycles. The van der Waals surface area contributed by atoms with Crippen LogP contribution in [-0.4, -0.2) is 19.9 Å². The molecule has 8 rings (SSSR count). The standard InChI is InChI=1S/C44H30N4/c1-5-13-33(14-6-1)39-29-41(47-43(45-39)37-17-9-3-10-18-37)35-25-21-31(22-26-35)32-23-27-36(28-24-32)42-30-40(34-15-7-2-8-16-34)46-44(48-42)38-19-11-4-12-20-38/h1-30H. The van der Waals surface area contributed by atoms with Gasteiger partial charge in [-0.15, -0.1) is 0 Å². The van der Waals surface area contributed by atoms with Crippen LogP contribution in [-0.2, 0) is 0 Å². The lowest BCUT2D eigenvalue weighted by molar-refractivity contribution is 1.18. The van der Waals surface area contributed by atoms with Gasteiger partial charge in [-0.2, -0.15) is 0 Å². The third kappa shape index (κ3) is 6.15. The highest BCUT2D eigenvalue weighted by molar-refractivity contribution is 5.76. The van der Waals surface area contributed by atoms with Crippen LogP contribution in [0, 0.1) is 0 Å². The maximum Gasteiger partial charge on any atom is 0.160 e. The van der Waals surface area contributed by atoms with Gasteiger partial charge in [0.2, 0.25) is 0 Å². The van der Waals surface area contributed by atoms with Crippen LogP contribution < -0.4 is 0 Å². The molecule has 0 atom stereocenters. The van der Waals surface area contributed by atoms with E-state index in [1.165, 1.54) is 0 Å². The molecule has 2 heterocycles. The minimum Gasteiger partial charge on any atom is -0.228 e. The Bertz CT molecular complexity index is 2000. The van der Waals surface area contributed by atoms with Crippen molar-refractivity contribution in [3.05, 3.63) is 182 Å². The van der Waals surface area contributed by atoms with Gasteiger partial charge in [-0.05, 0) is 23.3 Å². The molecule has 0 N–H and O–H groups in total. The fraction of sp³-hybridized carbons (Fsp3) is 0. The predicted octanol–water partition coefficient (Wildman–Crippen LogP) is 10.9. The Labute approximate surface area is 280 Å². The number of aromatic nitrogens is 4. The molecule has 4 nitrogen and oxygen atoms in total. The second kappa shape index (κ2) is 13.1. The lowest BCUT2D eigenvalue weighted by Crippen LogP contribution is -1.96. The summed E-state index contributed by atoms with van der Waals surface area (Å²) >= 11 is 0. The first kappa shape index (κ1) is 28.9. The largest absolute Gasteiger partial charge is 0.228 e. The summed E-state index contributed by atoms with van der Waals surface area (Å²) in [5, 5.41) is 0. The molecule has 0 aliphatic carbocycles. The van der Waals surface area contributed by atoms with Crippen LogP contribution in [0.25, 0.3) is 78.9 Å². The lowest BCUT2D eigenvalue weighted by atomic mass is 9.99. The van der Waals surface area contributed by atoms with E-state index in [-0.39, 0.29) is 0 Å². The Morgan fingerprint density at radius 3 is 0.729 bits per heavy atom. The molecule has 0 aliphatic heterocycles. The van der Waals surface area contributed by atoms with Crippen LogP contribution >= 0.6 is 0 Å². The van der Waals surface area contributed by atoms with Crippen molar-refractivity contribution < 1.29 is 0 Å². The van der Waals surface area contributed by atoms with Gasteiger partial charge < -0.3 is 0 Å². The molecule has 0 aliphatic rings. The number of rotatable bonds is 7. The minimum absolute atomic E-state index is 0.710. The molecular formula is C44H30N4. The zero-order chi connectivity index (χ0) is 32.1. The molecule has 8 aromatic rings.